The number of nitrogens with two attached hydrogens (primary N) is 1. The number of nitrogens with zero attached hydrogens (tertiary/aromatic N) is 2. The number of nitrogens with one attached hydrogen (secondary N) is 2. The summed E-state index contributed by atoms with van der Waals surface area (Å²) in [5.41, 5.74) is 4.37. The number of Topliss-reactive ketones (excluding diaryl/α,β-unsaturated/α-hetero) is 1. The van der Waals surface area contributed by atoms with Crippen LogP contribution in [0.25, 0.3) is 0 Å². The first-order valence-electron chi connectivity index (χ1n) is 9.09. The van der Waals surface area contributed by atoms with Gasteiger partial charge in [0, 0.05) is 10.9 Å². The Labute approximate surface area is 165 Å². The molecule has 1 fully saturated rings. The molecule has 2 aromatic rings. The number of amides is 1. The lowest BCUT2D eigenvalue weighted by atomic mass is 10.1. The number of aromatic amines is 1. The molecule has 0 unspecified atom stereocenters. The molecule has 28 heavy (non-hydrogen) atoms. The number of ketones is 1. The fourth-order valence-corrected chi connectivity index (χ4v) is 3.59. The van der Waals surface area contributed by atoms with Crippen molar-refractivity contribution >= 4 is 28.8 Å². The summed E-state index contributed by atoms with van der Waals surface area (Å²) >= 11 is 1.55. The molecule has 1 amide bonds. The lowest BCUT2D eigenvalue weighted by molar-refractivity contribution is -0.122. The van der Waals surface area contributed by atoms with Crippen molar-refractivity contribution in [2.45, 2.75) is 32.4 Å². The van der Waals surface area contributed by atoms with Crippen molar-refractivity contribution in [3.8, 4) is 0 Å². The van der Waals surface area contributed by atoms with Crippen molar-refractivity contribution < 1.29 is 9.59 Å². The number of thiophene rings is 1. The minimum Gasteiger partial charge on any atom is -0.384 e. The summed E-state index contributed by atoms with van der Waals surface area (Å²) in [5.74, 6) is -0.826. The van der Waals surface area contributed by atoms with Crippen molar-refractivity contribution in [2.24, 2.45) is 0 Å². The first-order chi connectivity index (χ1) is 13.4. The van der Waals surface area contributed by atoms with Crippen LogP contribution in [-0.4, -0.2) is 45.8 Å². The molecule has 150 valence electrons. The third-order valence-electron chi connectivity index (χ3n) is 4.59. The quantitative estimate of drug-likeness (QED) is 0.516. The van der Waals surface area contributed by atoms with E-state index < -0.39 is 17.0 Å². The topological polar surface area (TPSA) is 130 Å². The van der Waals surface area contributed by atoms with Crippen molar-refractivity contribution in [1.82, 2.24) is 19.8 Å². The average Bonchev–Trinajstić information content (AvgIpc) is 3.32. The number of nitrogen functional groups attached to an aromatic ring is 1. The minimum absolute atomic E-state index is 0.0215. The van der Waals surface area contributed by atoms with Crippen LogP contribution in [-0.2, 0) is 11.3 Å². The standard InChI is InChI=1S/C18H23N5O4S/c1-2-22(10-14(25)20-8-12-4-3-7-28-12)9-13(24)15-16(19)23(11-5-6-11)18(27)21-17(15)26/h3-4,7,11H,2,5-6,8-10,19H2,1H3,(H,20,25)(H,21,26,27). The summed E-state index contributed by atoms with van der Waals surface area (Å²) < 4.78 is 1.28. The second-order valence-corrected chi connectivity index (χ2v) is 7.74. The van der Waals surface area contributed by atoms with Crippen LogP contribution in [0.2, 0.25) is 0 Å². The molecule has 0 radical (unpaired) electrons. The van der Waals surface area contributed by atoms with Gasteiger partial charge in [0.2, 0.25) is 5.91 Å². The first kappa shape index (κ1) is 20.0. The maximum absolute atomic E-state index is 12.7. The Hall–Kier alpha value is -2.72. The Bertz CT molecular complexity index is 975. The molecule has 0 saturated heterocycles. The predicted octanol–water partition coefficient (Wildman–Crippen LogP) is 0.336. The fourth-order valence-electron chi connectivity index (χ4n) is 2.95. The van der Waals surface area contributed by atoms with Gasteiger partial charge in [0.25, 0.3) is 5.56 Å². The van der Waals surface area contributed by atoms with E-state index >= 15 is 0 Å². The summed E-state index contributed by atoms with van der Waals surface area (Å²) in [4.78, 5) is 53.8. The minimum atomic E-state index is -0.789. The summed E-state index contributed by atoms with van der Waals surface area (Å²) in [5, 5.41) is 4.74. The van der Waals surface area contributed by atoms with E-state index in [9.17, 15) is 19.2 Å². The van der Waals surface area contributed by atoms with Crippen LogP contribution in [0.1, 0.15) is 41.0 Å². The van der Waals surface area contributed by atoms with E-state index in [1.165, 1.54) is 4.57 Å². The van der Waals surface area contributed by atoms with E-state index in [1.807, 2.05) is 24.4 Å². The van der Waals surface area contributed by atoms with Gasteiger partial charge in [0.1, 0.15) is 11.4 Å². The Kier molecular flexibility index (Phi) is 6.10. The molecule has 2 aromatic heterocycles. The average molecular weight is 405 g/mol. The van der Waals surface area contributed by atoms with E-state index in [-0.39, 0.29) is 36.4 Å². The highest BCUT2D eigenvalue weighted by atomic mass is 32.1. The Morgan fingerprint density at radius 2 is 2.11 bits per heavy atom. The zero-order valence-electron chi connectivity index (χ0n) is 15.6. The van der Waals surface area contributed by atoms with Crippen LogP contribution in [0.3, 0.4) is 0 Å². The third kappa shape index (κ3) is 4.57. The second kappa shape index (κ2) is 8.53. The van der Waals surface area contributed by atoms with Gasteiger partial charge in [-0.25, -0.2) is 4.79 Å². The number of aromatic nitrogens is 2. The van der Waals surface area contributed by atoms with E-state index in [4.69, 9.17) is 5.73 Å². The summed E-state index contributed by atoms with van der Waals surface area (Å²) in [6.07, 6.45) is 1.57. The van der Waals surface area contributed by atoms with E-state index in [0.29, 0.717) is 13.1 Å². The molecule has 0 aliphatic heterocycles. The van der Waals surface area contributed by atoms with Gasteiger partial charge in [-0.3, -0.25) is 28.8 Å². The lowest BCUT2D eigenvalue weighted by Crippen LogP contribution is -2.42. The zero-order valence-corrected chi connectivity index (χ0v) is 16.4. The maximum Gasteiger partial charge on any atom is 0.330 e. The van der Waals surface area contributed by atoms with Gasteiger partial charge in [-0.15, -0.1) is 11.3 Å². The second-order valence-electron chi connectivity index (χ2n) is 6.70. The van der Waals surface area contributed by atoms with Crippen molar-refractivity contribution in [3.05, 3.63) is 48.8 Å². The monoisotopic (exact) mass is 405 g/mol. The summed E-state index contributed by atoms with van der Waals surface area (Å²) in [6, 6.07) is 3.77. The van der Waals surface area contributed by atoms with Gasteiger partial charge in [0.15, 0.2) is 5.78 Å². The van der Waals surface area contributed by atoms with Gasteiger partial charge in [0.05, 0.1) is 19.6 Å². The number of hydrogen-bond donors (Lipinski definition) is 3. The van der Waals surface area contributed by atoms with E-state index in [1.54, 1.807) is 16.2 Å². The first-order valence-corrected chi connectivity index (χ1v) is 9.97. The molecule has 1 saturated carbocycles. The van der Waals surface area contributed by atoms with E-state index in [0.717, 1.165) is 17.7 Å². The fraction of sp³-hybridized carbons (Fsp3) is 0.444. The highest BCUT2D eigenvalue weighted by molar-refractivity contribution is 7.09. The summed E-state index contributed by atoms with van der Waals surface area (Å²) in [6.45, 7) is 2.57. The van der Waals surface area contributed by atoms with Crippen LogP contribution in [0, 0.1) is 0 Å². The zero-order chi connectivity index (χ0) is 20.3. The molecule has 1 aliphatic carbocycles. The van der Waals surface area contributed by atoms with Crippen LogP contribution in [0.15, 0.2) is 27.1 Å². The maximum atomic E-state index is 12.7. The molecule has 0 atom stereocenters. The molecule has 2 heterocycles. The van der Waals surface area contributed by atoms with Crippen molar-refractivity contribution in [1.29, 1.82) is 0 Å². The Balaban J connectivity index is 1.67. The van der Waals surface area contributed by atoms with Crippen molar-refractivity contribution in [3.63, 3.8) is 0 Å². The molecule has 3 rings (SSSR count). The molecular formula is C18H23N5O4S. The van der Waals surface area contributed by atoms with Gasteiger partial charge in [-0.1, -0.05) is 13.0 Å². The molecule has 1 aliphatic rings. The summed E-state index contributed by atoms with van der Waals surface area (Å²) in [7, 11) is 0. The number of likely N-dealkylation sites (N-methyl/N-ethyl adjacent to an activating group) is 1. The predicted molar refractivity (Wildman–Crippen MR) is 107 cm³/mol. The molecule has 0 spiro atoms. The number of anilines is 1. The van der Waals surface area contributed by atoms with Crippen LogP contribution in [0.5, 0.6) is 0 Å². The molecule has 9 nitrogen and oxygen atoms in total. The molecule has 0 bridgehead atoms. The smallest absolute Gasteiger partial charge is 0.330 e. The highest BCUT2D eigenvalue weighted by Gasteiger charge is 2.30. The number of H-pyrrole nitrogens is 1. The molecule has 10 heteroatoms. The Morgan fingerprint density at radius 1 is 1.36 bits per heavy atom. The van der Waals surface area contributed by atoms with Gasteiger partial charge in [-0.2, -0.15) is 0 Å². The van der Waals surface area contributed by atoms with Crippen LogP contribution >= 0.6 is 11.3 Å². The number of hydrogen-bond acceptors (Lipinski definition) is 7. The normalized spacial score (nSPS) is 13.6. The number of carbonyl (C=O) groups is 2. The largest absolute Gasteiger partial charge is 0.384 e. The van der Waals surface area contributed by atoms with Gasteiger partial charge >= 0.3 is 5.69 Å². The van der Waals surface area contributed by atoms with E-state index in [2.05, 4.69) is 10.3 Å². The molecule has 4 N–H and O–H groups in total. The van der Waals surface area contributed by atoms with Crippen LogP contribution in [0.4, 0.5) is 5.82 Å². The highest BCUT2D eigenvalue weighted by Crippen LogP contribution is 2.35. The van der Waals surface area contributed by atoms with Gasteiger partial charge < -0.3 is 11.1 Å². The molecular weight excluding hydrogens is 382 g/mol. The van der Waals surface area contributed by atoms with Crippen LogP contribution < -0.4 is 22.3 Å². The Morgan fingerprint density at radius 3 is 2.71 bits per heavy atom. The van der Waals surface area contributed by atoms with Crippen molar-refractivity contribution in [2.75, 3.05) is 25.4 Å². The third-order valence-corrected chi connectivity index (χ3v) is 5.47. The number of rotatable bonds is 9. The lowest BCUT2D eigenvalue weighted by Gasteiger charge is -2.19. The number of carbonyl (C=O) groups excluding carboxylic acids is 2. The molecule has 0 aromatic carbocycles. The SMILES string of the molecule is CCN(CC(=O)NCc1cccs1)CC(=O)c1c(N)n(C2CC2)c(=O)[nH]c1=O. The van der Waals surface area contributed by atoms with Gasteiger partial charge in [-0.05, 0) is 30.8 Å².